The van der Waals surface area contributed by atoms with Gasteiger partial charge in [-0.25, -0.2) is 0 Å². The van der Waals surface area contributed by atoms with Gasteiger partial charge in [0.25, 0.3) is 0 Å². The molecule has 0 bridgehead atoms. The van der Waals surface area contributed by atoms with E-state index in [1.807, 2.05) is 0 Å². The van der Waals surface area contributed by atoms with Crippen LogP contribution in [0.15, 0.2) is 24.3 Å². The van der Waals surface area contributed by atoms with Crippen molar-refractivity contribution in [3.8, 4) is 0 Å². The fourth-order valence-electron chi connectivity index (χ4n) is 4.33. The number of piperidine rings is 1. The lowest BCUT2D eigenvalue weighted by molar-refractivity contribution is -0.135. The molecular formula is C22H35N3O2. The molecule has 3 rings (SSSR count). The normalized spacial score (nSPS) is 21.5. The van der Waals surface area contributed by atoms with Gasteiger partial charge in [-0.1, -0.05) is 12.1 Å². The number of benzene rings is 1. The van der Waals surface area contributed by atoms with Crippen molar-refractivity contribution in [1.29, 1.82) is 0 Å². The van der Waals surface area contributed by atoms with Crippen LogP contribution < -0.4 is 4.90 Å². The maximum atomic E-state index is 12.8. The number of hydrogen-bond acceptors (Lipinski definition) is 4. The third kappa shape index (κ3) is 5.69. The van der Waals surface area contributed by atoms with Crippen molar-refractivity contribution in [1.82, 2.24) is 9.80 Å². The van der Waals surface area contributed by atoms with Crippen molar-refractivity contribution < 1.29 is 9.53 Å². The highest BCUT2D eigenvalue weighted by Crippen LogP contribution is 2.21. The molecule has 0 aromatic heterocycles. The molecule has 5 heteroatoms. The smallest absolute Gasteiger partial charge is 0.224 e. The maximum absolute atomic E-state index is 12.8. The molecule has 2 fully saturated rings. The largest absolute Gasteiger partial charge is 0.385 e. The highest BCUT2D eigenvalue weighted by Gasteiger charge is 2.27. The second-order valence-electron chi connectivity index (χ2n) is 7.94. The van der Waals surface area contributed by atoms with Crippen LogP contribution in [0.3, 0.4) is 0 Å². The van der Waals surface area contributed by atoms with Crippen LogP contribution in [-0.4, -0.2) is 74.7 Å². The van der Waals surface area contributed by atoms with Crippen LogP contribution in [0, 0.1) is 6.92 Å². The number of methoxy groups -OCH3 is 1. The fourth-order valence-corrected chi connectivity index (χ4v) is 4.33. The summed E-state index contributed by atoms with van der Waals surface area (Å²) < 4.78 is 5.23. The maximum Gasteiger partial charge on any atom is 0.224 e. The summed E-state index contributed by atoms with van der Waals surface area (Å²) in [5, 5.41) is 0. The molecule has 1 aromatic rings. The van der Waals surface area contributed by atoms with Crippen molar-refractivity contribution >= 4 is 11.6 Å². The summed E-state index contributed by atoms with van der Waals surface area (Å²) in [5.41, 5.74) is 2.63. The van der Waals surface area contributed by atoms with E-state index in [2.05, 4.69) is 45.9 Å². The molecule has 27 heavy (non-hydrogen) atoms. The van der Waals surface area contributed by atoms with E-state index in [4.69, 9.17) is 4.74 Å². The van der Waals surface area contributed by atoms with Crippen LogP contribution >= 0.6 is 0 Å². The number of rotatable bonds is 7. The molecule has 0 spiro atoms. The number of nitrogens with zero attached hydrogens (tertiary/aromatic N) is 3. The Morgan fingerprint density at radius 3 is 2.70 bits per heavy atom. The molecule has 2 aliphatic rings. The van der Waals surface area contributed by atoms with E-state index >= 15 is 0 Å². The zero-order chi connectivity index (χ0) is 19.1. The average Bonchev–Trinajstić information content (AvgIpc) is 2.71. The molecule has 0 radical (unpaired) electrons. The minimum atomic E-state index is 0.330. The molecule has 2 heterocycles. The Kier molecular flexibility index (Phi) is 7.53. The van der Waals surface area contributed by atoms with Gasteiger partial charge in [0, 0.05) is 71.1 Å². The van der Waals surface area contributed by atoms with Gasteiger partial charge in [0.05, 0.1) is 0 Å². The van der Waals surface area contributed by atoms with Crippen molar-refractivity contribution in [3.63, 3.8) is 0 Å². The van der Waals surface area contributed by atoms with Gasteiger partial charge in [0.1, 0.15) is 0 Å². The summed E-state index contributed by atoms with van der Waals surface area (Å²) in [5.74, 6) is 0.330. The lowest BCUT2D eigenvalue weighted by Gasteiger charge is -2.38. The van der Waals surface area contributed by atoms with Crippen molar-refractivity contribution in [2.24, 2.45) is 0 Å². The van der Waals surface area contributed by atoms with Crippen LogP contribution in [0.1, 0.15) is 37.7 Å². The Hall–Kier alpha value is -1.59. The van der Waals surface area contributed by atoms with Gasteiger partial charge >= 0.3 is 0 Å². The number of anilines is 1. The summed E-state index contributed by atoms with van der Waals surface area (Å²) in [6.45, 7) is 8.85. The van der Waals surface area contributed by atoms with Crippen molar-refractivity contribution in [3.05, 3.63) is 29.8 Å². The summed E-state index contributed by atoms with van der Waals surface area (Å²) in [6.07, 6.45) is 5.12. The van der Waals surface area contributed by atoms with Gasteiger partial charge in [-0.3, -0.25) is 9.69 Å². The molecule has 150 valence electrons. The lowest BCUT2D eigenvalue weighted by atomic mass is 9.99. The lowest BCUT2D eigenvalue weighted by Crippen LogP contribution is -2.48. The Labute approximate surface area is 164 Å². The van der Waals surface area contributed by atoms with E-state index in [0.29, 0.717) is 18.4 Å². The van der Waals surface area contributed by atoms with Gasteiger partial charge in [-0.2, -0.15) is 0 Å². The first-order chi connectivity index (χ1) is 13.2. The number of hydrogen-bond donors (Lipinski definition) is 0. The fraction of sp³-hybridized carbons (Fsp3) is 0.682. The predicted molar refractivity (Wildman–Crippen MR) is 110 cm³/mol. The SMILES string of the molecule is COCC[C@@H]1CCCCN1C(=O)CCN1CCN(c2cccc(C)c2)CC1. The second-order valence-corrected chi connectivity index (χ2v) is 7.94. The number of carbonyl (C=O) groups is 1. The molecule has 0 aliphatic carbocycles. The average molecular weight is 374 g/mol. The Morgan fingerprint density at radius 1 is 1.15 bits per heavy atom. The number of ether oxygens (including phenoxy) is 1. The van der Waals surface area contributed by atoms with E-state index in [1.54, 1.807) is 7.11 Å². The third-order valence-electron chi connectivity index (χ3n) is 5.98. The Bertz CT molecular complexity index is 599. The zero-order valence-electron chi connectivity index (χ0n) is 17.0. The zero-order valence-corrected chi connectivity index (χ0v) is 17.0. The molecule has 0 saturated carbocycles. The van der Waals surface area contributed by atoms with E-state index in [9.17, 15) is 4.79 Å². The third-order valence-corrected chi connectivity index (χ3v) is 5.98. The highest BCUT2D eigenvalue weighted by molar-refractivity contribution is 5.76. The van der Waals surface area contributed by atoms with Gasteiger partial charge in [-0.15, -0.1) is 0 Å². The molecular weight excluding hydrogens is 338 g/mol. The Balaban J connectivity index is 1.43. The second kappa shape index (κ2) is 10.1. The predicted octanol–water partition coefficient (Wildman–Crippen LogP) is 2.92. The molecule has 1 atom stereocenters. The summed E-state index contributed by atoms with van der Waals surface area (Å²) in [4.78, 5) is 19.8. The number of carbonyl (C=O) groups excluding carboxylic acids is 1. The van der Waals surface area contributed by atoms with Crippen LogP contribution in [0.5, 0.6) is 0 Å². The van der Waals surface area contributed by atoms with E-state index in [1.165, 1.54) is 17.7 Å². The molecule has 1 aromatic carbocycles. The standard InChI is InChI=1S/C22H35N3O2/c1-19-6-5-8-21(18-19)24-15-13-23(14-16-24)12-9-22(26)25-11-4-3-7-20(25)10-17-27-2/h5-6,8,18,20H,3-4,7,9-17H2,1-2H3/t20-/m0/s1. The monoisotopic (exact) mass is 373 g/mol. The Morgan fingerprint density at radius 2 is 1.96 bits per heavy atom. The minimum Gasteiger partial charge on any atom is -0.385 e. The van der Waals surface area contributed by atoms with E-state index < -0.39 is 0 Å². The molecule has 0 unspecified atom stereocenters. The molecule has 2 saturated heterocycles. The van der Waals surface area contributed by atoms with E-state index in [0.717, 1.165) is 65.1 Å². The number of piperazine rings is 1. The van der Waals surface area contributed by atoms with Crippen LogP contribution in [0.2, 0.25) is 0 Å². The van der Waals surface area contributed by atoms with Crippen LogP contribution in [0.25, 0.3) is 0 Å². The molecule has 2 aliphatic heterocycles. The minimum absolute atomic E-state index is 0.330. The summed E-state index contributed by atoms with van der Waals surface area (Å²) >= 11 is 0. The molecule has 1 amide bonds. The molecule has 0 N–H and O–H groups in total. The number of amides is 1. The van der Waals surface area contributed by atoms with Crippen LogP contribution in [0.4, 0.5) is 5.69 Å². The van der Waals surface area contributed by atoms with Gasteiger partial charge in [0.15, 0.2) is 0 Å². The summed E-state index contributed by atoms with van der Waals surface area (Å²) in [7, 11) is 1.74. The number of likely N-dealkylation sites (tertiary alicyclic amines) is 1. The topological polar surface area (TPSA) is 36.0 Å². The van der Waals surface area contributed by atoms with Gasteiger partial charge in [-0.05, 0) is 50.3 Å². The number of aryl methyl sites for hydroxylation is 1. The van der Waals surface area contributed by atoms with Crippen LogP contribution in [-0.2, 0) is 9.53 Å². The van der Waals surface area contributed by atoms with Crippen molar-refractivity contribution in [2.75, 3.05) is 57.9 Å². The first-order valence-corrected chi connectivity index (χ1v) is 10.5. The van der Waals surface area contributed by atoms with E-state index in [-0.39, 0.29) is 0 Å². The first kappa shape index (κ1) is 20.2. The highest BCUT2D eigenvalue weighted by atomic mass is 16.5. The van der Waals surface area contributed by atoms with Crippen molar-refractivity contribution in [2.45, 2.75) is 45.1 Å². The molecule has 5 nitrogen and oxygen atoms in total. The van der Waals surface area contributed by atoms with Gasteiger partial charge in [0.2, 0.25) is 5.91 Å². The summed E-state index contributed by atoms with van der Waals surface area (Å²) in [6, 6.07) is 9.11. The first-order valence-electron chi connectivity index (χ1n) is 10.5. The quantitative estimate of drug-likeness (QED) is 0.736. The van der Waals surface area contributed by atoms with Gasteiger partial charge < -0.3 is 14.5 Å².